The molecular formula is C14H18FNO2S. The topological polar surface area (TPSA) is 42.4 Å². The lowest BCUT2D eigenvalue weighted by Gasteiger charge is -2.39. The van der Waals surface area contributed by atoms with Gasteiger partial charge in [0.15, 0.2) is 0 Å². The van der Waals surface area contributed by atoms with E-state index in [1.807, 2.05) is 11.8 Å². The second-order valence-corrected chi connectivity index (χ2v) is 6.53. The van der Waals surface area contributed by atoms with Crippen molar-refractivity contribution in [3.8, 4) is 0 Å². The summed E-state index contributed by atoms with van der Waals surface area (Å²) in [5.74, 6) is 1.77. The second-order valence-electron chi connectivity index (χ2n) is 5.43. The van der Waals surface area contributed by atoms with Crippen LogP contribution < -0.4 is 0 Å². The van der Waals surface area contributed by atoms with E-state index in [9.17, 15) is 9.50 Å². The zero-order chi connectivity index (χ0) is 13.3. The van der Waals surface area contributed by atoms with Crippen molar-refractivity contribution in [1.29, 1.82) is 0 Å². The Kier molecular flexibility index (Phi) is 3.78. The number of thioether (sulfide) groups is 1. The molecule has 3 heterocycles. The molecule has 5 heteroatoms. The van der Waals surface area contributed by atoms with Gasteiger partial charge in [-0.1, -0.05) is 0 Å². The molecule has 0 aliphatic carbocycles. The third-order valence-corrected chi connectivity index (χ3v) is 5.39. The van der Waals surface area contributed by atoms with Gasteiger partial charge in [0.25, 0.3) is 0 Å². The van der Waals surface area contributed by atoms with Gasteiger partial charge in [0.05, 0.1) is 17.9 Å². The predicted molar refractivity (Wildman–Crippen MR) is 72.5 cm³/mol. The van der Waals surface area contributed by atoms with Gasteiger partial charge in [0.1, 0.15) is 5.82 Å². The fourth-order valence-corrected chi connectivity index (χ4v) is 4.46. The van der Waals surface area contributed by atoms with Gasteiger partial charge in [0.2, 0.25) is 0 Å². The quantitative estimate of drug-likeness (QED) is 0.906. The summed E-state index contributed by atoms with van der Waals surface area (Å²) in [5, 5.41) is 10.4. The smallest absolute Gasteiger partial charge is 0.147 e. The molecule has 0 aromatic carbocycles. The number of hydrogen-bond acceptors (Lipinski definition) is 4. The molecule has 1 aromatic heterocycles. The number of aliphatic hydroxyl groups excluding tert-OH is 1. The molecule has 104 valence electrons. The van der Waals surface area contributed by atoms with E-state index in [4.69, 9.17) is 4.74 Å². The van der Waals surface area contributed by atoms with Crippen LogP contribution >= 0.6 is 11.8 Å². The monoisotopic (exact) mass is 283 g/mol. The van der Waals surface area contributed by atoms with Gasteiger partial charge in [-0.25, -0.2) is 4.39 Å². The number of rotatable bonds is 2. The van der Waals surface area contributed by atoms with Crippen LogP contribution in [0, 0.1) is 11.7 Å². The minimum atomic E-state index is -0.755. The lowest BCUT2D eigenvalue weighted by molar-refractivity contribution is -0.102. The van der Waals surface area contributed by atoms with Crippen molar-refractivity contribution >= 4 is 11.8 Å². The summed E-state index contributed by atoms with van der Waals surface area (Å²) in [6.07, 6.45) is 4.59. The first kappa shape index (κ1) is 13.3. The zero-order valence-corrected chi connectivity index (χ0v) is 11.5. The summed E-state index contributed by atoms with van der Waals surface area (Å²) >= 11 is 1.90. The number of pyridine rings is 1. The van der Waals surface area contributed by atoms with E-state index in [1.165, 1.54) is 12.4 Å². The van der Waals surface area contributed by atoms with Crippen LogP contribution in [0.25, 0.3) is 0 Å². The van der Waals surface area contributed by atoms with Gasteiger partial charge in [-0.2, -0.15) is 11.8 Å². The van der Waals surface area contributed by atoms with Crippen LogP contribution in [0.15, 0.2) is 18.5 Å². The number of aliphatic hydroxyl groups is 1. The first-order valence-electron chi connectivity index (χ1n) is 6.69. The molecule has 3 atom stereocenters. The van der Waals surface area contributed by atoms with Gasteiger partial charge < -0.3 is 9.84 Å². The maximum Gasteiger partial charge on any atom is 0.147 e. The minimum Gasteiger partial charge on any atom is -0.388 e. The Bertz CT molecular complexity index is 451. The molecular weight excluding hydrogens is 265 g/mol. The molecule has 1 spiro atoms. The molecule has 2 saturated heterocycles. The van der Waals surface area contributed by atoms with Crippen molar-refractivity contribution < 1.29 is 14.2 Å². The summed E-state index contributed by atoms with van der Waals surface area (Å²) < 4.78 is 19.6. The molecule has 1 N–H and O–H groups in total. The van der Waals surface area contributed by atoms with Crippen LogP contribution in [0.4, 0.5) is 4.39 Å². The highest BCUT2D eigenvalue weighted by molar-refractivity contribution is 7.99. The Morgan fingerprint density at radius 2 is 2.47 bits per heavy atom. The van der Waals surface area contributed by atoms with Crippen LogP contribution in [0.5, 0.6) is 0 Å². The summed E-state index contributed by atoms with van der Waals surface area (Å²) in [6, 6.07) is 1.57. The molecule has 0 amide bonds. The van der Waals surface area contributed by atoms with Crippen LogP contribution in [0.1, 0.15) is 30.9 Å². The summed E-state index contributed by atoms with van der Waals surface area (Å²) in [7, 11) is 0. The zero-order valence-electron chi connectivity index (χ0n) is 10.7. The normalized spacial score (nSPS) is 32.6. The fraction of sp³-hybridized carbons (Fsp3) is 0.643. The third-order valence-electron chi connectivity index (χ3n) is 4.17. The van der Waals surface area contributed by atoms with Crippen molar-refractivity contribution in [3.63, 3.8) is 0 Å². The minimum absolute atomic E-state index is 0.0735. The molecule has 2 aliphatic rings. The van der Waals surface area contributed by atoms with Gasteiger partial charge >= 0.3 is 0 Å². The second kappa shape index (κ2) is 5.38. The lowest BCUT2D eigenvalue weighted by Crippen LogP contribution is -2.41. The molecule has 3 rings (SSSR count). The number of aromatic nitrogens is 1. The van der Waals surface area contributed by atoms with E-state index in [1.54, 1.807) is 6.07 Å². The van der Waals surface area contributed by atoms with E-state index >= 15 is 0 Å². The summed E-state index contributed by atoms with van der Waals surface area (Å²) in [6.45, 7) is 0.662. The SMILES string of the molecule is OC(c1ccncc1F)C1CCOC2(CCSC2)C1. The Labute approximate surface area is 116 Å². The van der Waals surface area contributed by atoms with Gasteiger partial charge in [-0.3, -0.25) is 4.98 Å². The molecule has 0 bridgehead atoms. The van der Waals surface area contributed by atoms with E-state index in [2.05, 4.69) is 4.98 Å². The molecule has 2 aliphatic heterocycles. The Balaban J connectivity index is 1.76. The fourth-order valence-electron chi connectivity index (χ4n) is 3.08. The molecule has 1 aromatic rings. The maximum atomic E-state index is 13.7. The van der Waals surface area contributed by atoms with Crippen molar-refractivity contribution in [2.75, 3.05) is 18.1 Å². The molecule has 0 radical (unpaired) electrons. The first-order valence-corrected chi connectivity index (χ1v) is 7.85. The largest absolute Gasteiger partial charge is 0.388 e. The standard InChI is InChI=1S/C14H18FNO2S/c15-12-8-16-4-1-11(12)13(17)10-2-5-18-14(7-10)3-6-19-9-14/h1,4,8,10,13,17H,2-3,5-7,9H2. The van der Waals surface area contributed by atoms with Crippen molar-refractivity contribution in [2.45, 2.75) is 31.0 Å². The maximum absolute atomic E-state index is 13.7. The number of hydrogen-bond donors (Lipinski definition) is 1. The molecule has 0 saturated carbocycles. The highest BCUT2D eigenvalue weighted by atomic mass is 32.2. The van der Waals surface area contributed by atoms with Crippen LogP contribution in [-0.2, 0) is 4.74 Å². The number of nitrogens with zero attached hydrogens (tertiary/aromatic N) is 1. The summed E-state index contributed by atoms with van der Waals surface area (Å²) in [4.78, 5) is 3.73. The average molecular weight is 283 g/mol. The van der Waals surface area contributed by atoms with Gasteiger partial charge in [-0.15, -0.1) is 0 Å². The summed E-state index contributed by atoms with van der Waals surface area (Å²) in [5.41, 5.74) is 0.278. The third kappa shape index (κ3) is 2.64. The lowest BCUT2D eigenvalue weighted by atomic mass is 9.80. The molecule has 2 fully saturated rings. The first-order chi connectivity index (χ1) is 9.20. The van der Waals surface area contributed by atoms with E-state index in [0.29, 0.717) is 12.2 Å². The molecule has 3 nitrogen and oxygen atoms in total. The number of halogens is 1. The van der Waals surface area contributed by atoms with Crippen molar-refractivity contribution in [3.05, 3.63) is 29.8 Å². The number of ether oxygens (including phenoxy) is 1. The van der Waals surface area contributed by atoms with Crippen LogP contribution in [0.3, 0.4) is 0 Å². The van der Waals surface area contributed by atoms with Gasteiger partial charge in [0, 0.05) is 24.1 Å². The Morgan fingerprint density at radius 3 is 3.21 bits per heavy atom. The van der Waals surface area contributed by atoms with E-state index in [0.717, 1.165) is 30.8 Å². The average Bonchev–Trinajstić information content (AvgIpc) is 2.86. The van der Waals surface area contributed by atoms with Crippen LogP contribution in [0.2, 0.25) is 0 Å². The van der Waals surface area contributed by atoms with E-state index < -0.39 is 11.9 Å². The van der Waals surface area contributed by atoms with Crippen molar-refractivity contribution in [2.24, 2.45) is 5.92 Å². The highest BCUT2D eigenvalue weighted by Gasteiger charge is 2.42. The van der Waals surface area contributed by atoms with Crippen LogP contribution in [-0.4, -0.2) is 33.8 Å². The van der Waals surface area contributed by atoms with Gasteiger partial charge in [-0.05, 0) is 37.0 Å². The highest BCUT2D eigenvalue weighted by Crippen LogP contribution is 2.44. The predicted octanol–water partition coefficient (Wildman–Crippen LogP) is 2.56. The Morgan fingerprint density at radius 1 is 1.58 bits per heavy atom. The van der Waals surface area contributed by atoms with E-state index in [-0.39, 0.29) is 11.5 Å². The Hall–Kier alpha value is -0.650. The molecule has 3 unspecified atom stereocenters. The van der Waals surface area contributed by atoms with Crippen molar-refractivity contribution in [1.82, 2.24) is 4.98 Å². The molecule has 19 heavy (non-hydrogen) atoms.